The molecule has 19 heavy (non-hydrogen) atoms. The Hall–Kier alpha value is -2.49. The summed E-state index contributed by atoms with van der Waals surface area (Å²) in [4.78, 5) is 11.3. The van der Waals surface area contributed by atoms with Crippen LogP contribution in [0.5, 0.6) is 5.75 Å². The second-order valence-corrected chi connectivity index (χ2v) is 4.05. The van der Waals surface area contributed by atoms with Gasteiger partial charge >= 0.3 is 5.97 Å². The summed E-state index contributed by atoms with van der Waals surface area (Å²) in [7, 11) is 1.36. The van der Waals surface area contributed by atoms with E-state index in [-0.39, 0.29) is 5.97 Å². The van der Waals surface area contributed by atoms with Crippen LogP contribution in [0.25, 0.3) is 0 Å². The molecule has 0 heterocycles. The standard InChI is InChI=1S/C15H15NO3/c1-18-15(17)12-4-2-11(3-5-12)10-19-14-8-6-13(16)7-9-14/h2-9H,10,16H2,1H3. The Morgan fingerprint density at radius 1 is 1.05 bits per heavy atom. The first-order valence-electron chi connectivity index (χ1n) is 5.84. The van der Waals surface area contributed by atoms with Gasteiger partial charge in [-0.25, -0.2) is 4.79 Å². The predicted octanol–water partition coefficient (Wildman–Crippen LogP) is 2.63. The van der Waals surface area contributed by atoms with Crippen LogP contribution in [0.4, 0.5) is 5.69 Å². The summed E-state index contributed by atoms with van der Waals surface area (Å²) in [6, 6.07) is 14.3. The van der Waals surface area contributed by atoms with E-state index in [0.29, 0.717) is 17.9 Å². The molecule has 2 N–H and O–H groups in total. The van der Waals surface area contributed by atoms with Gasteiger partial charge in [0.25, 0.3) is 0 Å². The fraction of sp³-hybridized carbons (Fsp3) is 0.133. The zero-order chi connectivity index (χ0) is 13.7. The molecule has 98 valence electrons. The number of ether oxygens (including phenoxy) is 2. The zero-order valence-electron chi connectivity index (χ0n) is 10.6. The lowest BCUT2D eigenvalue weighted by molar-refractivity contribution is 0.0600. The highest BCUT2D eigenvalue weighted by molar-refractivity contribution is 5.89. The van der Waals surface area contributed by atoms with Crippen LogP contribution in [0.15, 0.2) is 48.5 Å². The summed E-state index contributed by atoms with van der Waals surface area (Å²) in [5.74, 6) is 0.414. The number of nitrogen functional groups attached to an aromatic ring is 1. The van der Waals surface area contributed by atoms with Gasteiger partial charge in [0, 0.05) is 5.69 Å². The van der Waals surface area contributed by atoms with Crippen molar-refractivity contribution in [2.45, 2.75) is 6.61 Å². The van der Waals surface area contributed by atoms with E-state index in [1.807, 2.05) is 24.3 Å². The summed E-state index contributed by atoms with van der Waals surface area (Å²) in [5, 5.41) is 0. The number of nitrogens with two attached hydrogens (primary N) is 1. The van der Waals surface area contributed by atoms with Crippen LogP contribution >= 0.6 is 0 Å². The molecule has 2 rings (SSSR count). The van der Waals surface area contributed by atoms with E-state index in [2.05, 4.69) is 4.74 Å². The van der Waals surface area contributed by atoms with Crippen molar-refractivity contribution in [2.24, 2.45) is 0 Å². The fourth-order valence-electron chi connectivity index (χ4n) is 1.59. The highest BCUT2D eigenvalue weighted by atomic mass is 16.5. The maximum atomic E-state index is 11.3. The van der Waals surface area contributed by atoms with Crippen molar-refractivity contribution in [3.63, 3.8) is 0 Å². The van der Waals surface area contributed by atoms with E-state index in [0.717, 1.165) is 11.3 Å². The molecule has 2 aromatic carbocycles. The summed E-state index contributed by atoms with van der Waals surface area (Å²) in [6.45, 7) is 0.436. The number of anilines is 1. The van der Waals surface area contributed by atoms with Gasteiger partial charge < -0.3 is 15.2 Å². The molecule has 0 aromatic heterocycles. The largest absolute Gasteiger partial charge is 0.489 e. The molecule has 0 fully saturated rings. The average Bonchev–Trinajstić information content (AvgIpc) is 2.46. The van der Waals surface area contributed by atoms with E-state index in [1.54, 1.807) is 24.3 Å². The maximum absolute atomic E-state index is 11.3. The van der Waals surface area contributed by atoms with Gasteiger partial charge in [-0.05, 0) is 42.0 Å². The molecule has 0 atom stereocenters. The maximum Gasteiger partial charge on any atom is 0.337 e. The first kappa shape index (κ1) is 13.0. The summed E-state index contributed by atoms with van der Waals surface area (Å²) in [6.07, 6.45) is 0. The van der Waals surface area contributed by atoms with Crippen LogP contribution in [0, 0.1) is 0 Å². The van der Waals surface area contributed by atoms with Crippen LogP contribution in [0.3, 0.4) is 0 Å². The average molecular weight is 257 g/mol. The second kappa shape index (κ2) is 5.91. The van der Waals surface area contributed by atoms with Crippen LogP contribution in [-0.2, 0) is 11.3 Å². The molecule has 0 spiro atoms. The zero-order valence-corrected chi connectivity index (χ0v) is 10.6. The van der Waals surface area contributed by atoms with Crippen molar-refractivity contribution in [1.82, 2.24) is 0 Å². The molecular weight excluding hydrogens is 242 g/mol. The molecule has 4 heteroatoms. The first-order valence-corrected chi connectivity index (χ1v) is 5.84. The summed E-state index contributed by atoms with van der Waals surface area (Å²) >= 11 is 0. The Bertz CT molecular complexity index is 547. The number of hydrogen-bond donors (Lipinski definition) is 1. The Balaban J connectivity index is 1.96. The van der Waals surface area contributed by atoms with Crippen LogP contribution < -0.4 is 10.5 Å². The lowest BCUT2D eigenvalue weighted by Gasteiger charge is -2.07. The second-order valence-electron chi connectivity index (χ2n) is 4.05. The van der Waals surface area contributed by atoms with Crippen molar-refractivity contribution < 1.29 is 14.3 Å². The topological polar surface area (TPSA) is 61.5 Å². The number of hydrogen-bond acceptors (Lipinski definition) is 4. The van der Waals surface area contributed by atoms with E-state index >= 15 is 0 Å². The molecular formula is C15H15NO3. The van der Waals surface area contributed by atoms with Gasteiger partial charge in [-0.15, -0.1) is 0 Å². The van der Waals surface area contributed by atoms with Crippen molar-refractivity contribution >= 4 is 11.7 Å². The Morgan fingerprint density at radius 2 is 1.68 bits per heavy atom. The number of carbonyl (C=O) groups is 1. The molecule has 0 saturated heterocycles. The van der Waals surface area contributed by atoms with Crippen LogP contribution in [0.1, 0.15) is 15.9 Å². The summed E-state index contributed by atoms with van der Waals surface area (Å²) < 4.78 is 10.2. The Morgan fingerprint density at radius 3 is 2.26 bits per heavy atom. The van der Waals surface area contributed by atoms with Crippen molar-refractivity contribution in [1.29, 1.82) is 0 Å². The number of carbonyl (C=O) groups excluding carboxylic acids is 1. The van der Waals surface area contributed by atoms with E-state index < -0.39 is 0 Å². The van der Waals surface area contributed by atoms with Gasteiger partial charge in [0.15, 0.2) is 0 Å². The Kier molecular flexibility index (Phi) is 4.03. The number of methoxy groups -OCH3 is 1. The van der Waals surface area contributed by atoms with E-state index in [4.69, 9.17) is 10.5 Å². The minimum Gasteiger partial charge on any atom is -0.489 e. The van der Waals surface area contributed by atoms with Crippen molar-refractivity contribution in [3.8, 4) is 5.75 Å². The van der Waals surface area contributed by atoms with Gasteiger partial charge in [0.05, 0.1) is 12.7 Å². The van der Waals surface area contributed by atoms with Gasteiger partial charge in [-0.1, -0.05) is 12.1 Å². The highest BCUT2D eigenvalue weighted by Crippen LogP contribution is 2.15. The van der Waals surface area contributed by atoms with Crippen LogP contribution in [-0.4, -0.2) is 13.1 Å². The van der Waals surface area contributed by atoms with Gasteiger partial charge in [-0.2, -0.15) is 0 Å². The minimum absolute atomic E-state index is 0.342. The molecule has 0 aliphatic carbocycles. The van der Waals surface area contributed by atoms with Crippen molar-refractivity contribution in [2.75, 3.05) is 12.8 Å². The molecule has 0 bridgehead atoms. The molecule has 0 aliphatic rings. The molecule has 0 unspecified atom stereocenters. The number of esters is 1. The number of rotatable bonds is 4. The molecule has 0 aliphatic heterocycles. The number of benzene rings is 2. The molecule has 4 nitrogen and oxygen atoms in total. The smallest absolute Gasteiger partial charge is 0.337 e. The monoisotopic (exact) mass is 257 g/mol. The van der Waals surface area contributed by atoms with Gasteiger partial charge in [0.2, 0.25) is 0 Å². The lowest BCUT2D eigenvalue weighted by atomic mass is 10.1. The third-order valence-electron chi connectivity index (χ3n) is 2.66. The lowest BCUT2D eigenvalue weighted by Crippen LogP contribution is -2.02. The SMILES string of the molecule is COC(=O)c1ccc(COc2ccc(N)cc2)cc1. The van der Waals surface area contributed by atoms with E-state index in [1.165, 1.54) is 7.11 Å². The molecule has 0 radical (unpaired) electrons. The Labute approximate surface area is 111 Å². The fourth-order valence-corrected chi connectivity index (χ4v) is 1.59. The van der Waals surface area contributed by atoms with Crippen molar-refractivity contribution in [3.05, 3.63) is 59.7 Å². The quantitative estimate of drug-likeness (QED) is 0.675. The highest BCUT2D eigenvalue weighted by Gasteiger charge is 2.04. The van der Waals surface area contributed by atoms with Gasteiger partial charge in [0.1, 0.15) is 12.4 Å². The minimum atomic E-state index is -0.342. The predicted molar refractivity (Wildman–Crippen MR) is 73.0 cm³/mol. The van der Waals surface area contributed by atoms with Crippen LogP contribution in [0.2, 0.25) is 0 Å². The third kappa shape index (κ3) is 3.48. The van der Waals surface area contributed by atoms with E-state index in [9.17, 15) is 4.79 Å². The molecule has 0 amide bonds. The van der Waals surface area contributed by atoms with Gasteiger partial charge in [-0.3, -0.25) is 0 Å². The molecule has 0 saturated carbocycles. The summed E-state index contributed by atoms with van der Waals surface area (Å²) in [5.41, 5.74) is 7.80. The molecule has 2 aromatic rings. The third-order valence-corrected chi connectivity index (χ3v) is 2.66. The first-order chi connectivity index (χ1) is 9.19. The normalized spacial score (nSPS) is 9.95.